The van der Waals surface area contributed by atoms with Crippen LogP contribution in [-0.4, -0.2) is 27.5 Å². The molecule has 2 aromatic rings. The molecule has 106 valence electrons. The molecule has 0 spiro atoms. The van der Waals surface area contributed by atoms with Crippen molar-refractivity contribution >= 4 is 17.2 Å². The van der Waals surface area contributed by atoms with Gasteiger partial charge in [0.1, 0.15) is 11.9 Å². The first kappa shape index (κ1) is 14.6. The van der Waals surface area contributed by atoms with E-state index in [1.54, 1.807) is 6.92 Å². The lowest BCUT2D eigenvalue weighted by Crippen LogP contribution is -2.29. The van der Waals surface area contributed by atoms with Crippen LogP contribution in [0.5, 0.6) is 0 Å². The molecule has 0 aromatic carbocycles. The minimum atomic E-state index is -0.685. The summed E-state index contributed by atoms with van der Waals surface area (Å²) in [6, 6.07) is 3.71. The predicted octanol–water partition coefficient (Wildman–Crippen LogP) is 1.87. The molecule has 0 unspecified atom stereocenters. The standard InChI is InChI=1S/C14H17N3O2S/c1-3-11-10(7-15-9(2)17-11)14(19)16-8-12(18)13-5-4-6-20-13/h4-7,12,18H,3,8H2,1-2H3,(H,16,19)/t12-/m0/s1. The second kappa shape index (κ2) is 6.58. The van der Waals surface area contributed by atoms with Gasteiger partial charge < -0.3 is 10.4 Å². The fourth-order valence-corrected chi connectivity index (χ4v) is 2.55. The van der Waals surface area contributed by atoms with Crippen molar-refractivity contribution < 1.29 is 9.90 Å². The molecular weight excluding hydrogens is 274 g/mol. The van der Waals surface area contributed by atoms with Crippen LogP contribution in [0.15, 0.2) is 23.7 Å². The average molecular weight is 291 g/mol. The van der Waals surface area contributed by atoms with Gasteiger partial charge in [0.05, 0.1) is 11.3 Å². The van der Waals surface area contributed by atoms with E-state index in [9.17, 15) is 9.90 Å². The Hall–Kier alpha value is -1.79. The van der Waals surface area contributed by atoms with E-state index in [0.29, 0.717) is 17.8 Å². The average Bonchev–Trinajstić information content (AvgIpc) is 2.98. The summed E-state index contributed by atoms with van der Waals surface area (Å²) in [6.45, 7) is 3.91. The van der Waals surface area contributed by atoms with E-state index >= 15 is 0 Å². The van der Waals surface area contributed by atoms with Crippen molar-refractivity contribution in [3.05, 3.63) is 45.7 Å². The number of hydrogen-bond donors (Lipinski definition) is 2. The van der Waals surface area contributed by atoms with E-state index in [1.165, 1.54) is 17.5 Å². The molecule has 1 atom stereocenters. The quantitative estimate of drug-likeness (QED) is 0.882. The Morgan fingerprint density at radius 1 is 1.55 bits per heavy atom. The molecule has 0 aliphatic carbocycles. The molecule has 0 fully saturated rings. The van der Waals surface area contributed by atoms with Crippen molar-refractivity contribution in [1.29, 1.82) is 0 Å². The number of thiophene rings is 1. The topological polar surface area (TPSA) is 75.1 Å². The number of nitrogens with one attached hydrogen (secondary N) is 1. The molecule has 2 aromatic heterocycles. The van der Waals surface area contributed by atoms with Crippen molar-refractivity contribution in [2.75, 3.05) is 6.54 Å². The van der Waals surface area contributed by atoms with Gasteiger partial charge in [-0.15, -0.1) is 11.3 Å². The molecule has 0 aliphatic heterocycles. The smallest absolute Gasteiger partial charge is 0.254 e. The maximum atomic E-state index is 12.1. The third kappa shape index (κ3) is 3.40. The second-order valence-electron chi connectivity index (χ2n) is 4.37. The Bertz CT molecular complexity index is 584. The fraction of sp³-hybridized carbons (Fsp3) is 0.357. The number of hydrogen-bond acceptors (Lipinski definition) is 5. The number of carbonyl (C=O) groups is 1. The van der Waals surface area contributed by atoms with E-state index in [4.69, 9.17) is 0 Å². The van der Waals surface area contributed by atoms with E-state index < -0.39 is 6.10 Å². The van der Waals surface area contributed by atoms with E-state index in [-0.39, 0.29) is 12.5 Å². The zero-order chi connectivity index (χ0) is 14.5. The third-order valence-corrected chi connectivity index (χ3v) is 3.87. The van der Waals surface area contributed by atoms with Crippen molar-refractivity contribution in [1.82, 2.24) is 15.3 Å². The lowest BCUT2D eigenvalue weighted by atomic mass is 10.1. The molecule has 0 aliphatic rings. The lowest BCUT2D eigenvalue weighted by molar-refractivity contribution is 0.0916. The highest BCUT2D eigenvalue weighted by Gasteiger charge is 2.15. The van der Waals surface area contributed by atoms with Crippen molar-refractivity contribution in [2.24, 2.45) is 0 Å². The SMILES string of the molecule is CCc1nc(C)ncc1C(=O)NC[C@H](O)c1cccs1. The van der Waals surface area contributed by atoms with Crippen LogP contribution in [0.1, 0.15) is 39.8 Å². The third-order valence-electron chi connectivity index (χ3n) is 2.90. The summed E-state index contributed by atoms with van der Waals surface area (Å²) in [5, 5.41) is 14.6. The number of rotatable bonds is 5. The lowest BCUT2D eigenvalue weighted by Gasteiger charge is -2.11. The Labute approximate surface area is 121 Å². The van der Waals surface area contributed by atoms with E-state index in [1.807, 2.05) is 24.4 Å². The van der Waals surface area contributed by atoms with Gasteiger partial charge in [-0.2, -0.15) is 0 Å². The highest BCUT2D eigenvalue weighted by atomic mass is 32.1. The van der Waals surface area contributed by atoms with E-state index in [2.05, 4.69) is 15.3 Å². The van der Waals surface area contributed by atoms with Gasteiger partial charge in [0.2, 0.25) is 0 Å². The van der Waals surface area contributed by atoms with E-state index in [0.717, 1.165) is 10.6 Å². The molecular formula is C14H17N3O2S. The number of aryl methyl sites for hydroxylation is 2. The zero-order valence-electron chi connectivity index (χ0n) is 11.5. The largest absolute Gasteiger partial charge is 0.386 e. The van der Waals surface area contributed by atoms with Gasteiger partial charge in [-0.3, -0.25) is 4.79 Å². The summed E-state index contributed by atoms with van der Waals surface area (Å²) in [5.41, 5.74) is 1.19. The molecule has 2 N–H and O–H groups in total. The molecule has 6 heteroatoms. The van der Waals surface area contributed by atoms with Crippen LogP contribution in [0, 0.1) is 6.92 Å². The number of aromatic nitrogens is 2. The van der Waals surface area contributed by atoms with Gasteiger partial charge in [-0.25, -0.2) is 9.97 Å². The summed E-state index contributed by atoms with van der Waals surface area (Å²) < 4.78 is 0. The number of amides is 1. The summed E-state index contributed by atoms with van der Waals surface area (Å²) in [5.74, 6) is 0.398. The van der Waals surface area contributed by atoms with Crippen molar-refractivity contribution in [3.8, 4) is 0 Å². The minimum absolute atomic E-state index is 0.177. The van der Waals surface area contributed by atoms with Gasteiger partial charge in [0.25, 0.3) is 5.91 Å². The highest BCUT2D eigenvalue weighted by molar-refractivity contribution is 7.10. The number of aliphatic hydroxyl groups excluding tert-OH is 1. The Morgan fingerprint density at radius 2 is 2.35 bits per heavy atom. The van der Waals surface area contributed by atoms with Gasteiger partial charge in [0, 0.05) is 17.6 Å². The highest BCUT2D eigenvalue weighted by Crippen LogP contribution is 2.18. The van der Waals surface area contributed by atoms with Crippen LogP contribution in [0.3, 0.4) is 0 Å². The van der Waals surface area contributed by atoms with Crippen LogP contribution in [0.4, 0.5) is 0 Å². The van der Waals surface area contributed by atoms with Crippen LogP contribution in [-0.2, 0) is 6.42 Å². The Morgan fingerprint density at radius 3 is 3.00 bits per heavy atom. The van der Waals surface area contributed by atoms with Crippen molar-refractivity contribution in [2.45, 2.75) is 26.4 Å². The molecule has 0 radical (unpaired) electrons. The molecule has 0 bridgehead atoms. The molecule has 1 amide bonds. The number of aliphatic hydroxyl groups is 1. The number of carbonyl (C=O) groups excluding carboxylic acids is 1. The summed E-state index contributed by atoms with van der Waals surface area (Å²) in [6.07, 6.45) is 1.52. The summed E-state index contributed by atoms with van der Waals surface area (Å²) in [7, 11) is 0. The molecule has 2 heterocycles. The second-order valence-corrected chi connectivity index (χ2v) is 5.35. The minimum Gasteiger partial charge on any atom is -0.386 e. The van der Waals surface area contributed by atoms with Crippen LogP contribution < -0.4 is 5.32 Å². The Kier molecular flexibility index (Phi) is 4.81. The first-order chi connectivity index (χ1) is 9.61. The summed E-state index contributed by atoms with van der Waals surface area (Å²) in [4.78, 5) is 21.3. The Balaban J connectivity index is 2.02. The summed E-state index contributed by atoms with van der Waals surface area (Å²) >= 11 is 1.46. The first-order valence-corrected chi connectivity index (χ1v) is 7.32. The monoisotopic (exact) mass is 291 g/mol. The molecule has 2 rings (SSSR count). The van der Waals surface area contributed by atoms with Gasteiger partial charge >= 0.3 is 0 Å². The van der Waals surface area contributed by atoms with Crippen molar-refractivity contribution in [3.63, 3.8) is 0 Å². The normalized spacial score (nSPS) is 12.2. The number of nitrogens with zero attached hydrogens (tertiary/aromatic N) is 2. The zero-order valence-corrected chi connectivity index (χ0v) is 12.3. The molecule has 0 saturated heterocycles. The van der Waals surface area contributed by atoms with Crippen LogP contribution in [0.2, 0.25) is 0 Å². The van der Waals surface area contributed by atoms with Crippen LogP contribution >= 0.6 is 11.3 Å². The molecule has 20 heavy (non-hydrogen) atoms. The van der Waals surface area contributed by atoms with Gasteiger partial charge in [-0.1, -0.05) is 13.0 Å². The van der Waals surface area contributed by atoms with Gasteiger partial charge in [0.15, 0.2) is 0 Å². The predicted molar refractivity (Wildman–Crippen MR) is 77.8 cm³/mol. The fourth-order valence-electron chi connectivity index (χ4n) is 1.84. The maximum Gasteiger partial charge on any atom is 0.254 e. The molecule has 5 nitrogen and oxygen atoms in total. The molecule has 0 saturated carbocycles. The maximum absolute atomic E-state index is 12.1. The van der Waals surface area contributed by atoms with Crippen LogP contribution in [0.25, 0.3) is 0 Å². The first-order valence-electron chi connectivity index (χ1n) is 6.44. The van der Waals surface area contributed by atoms with Gasteiger partial charge in [-0.05, 0) is 24.8 Å².